The molecule has 27 heavy (non-hydrogen) atoms. The lowest BCUT2D eigenvalue weighted by Gasteiger charge is -2.17. The lowest BCUT2D eigenvalue weighted by Crippen LogP contribution is -2.10. The van der Waals surface area contributed by atoms with Crippen molar-refractivity contribution in [3.63, 3.8) is 0 Å². The summed E-state index contributed by atoms with van der Waals surface area (Å²) in [6, 6.07) is 12.5. The summed E-state index contributed by atoms with van der Waals surface area (Å²) in [4.78, 5) is 1.43. The van der Waals surface area contributed by atoms with E-state index in [2.05, 4.69) is 63.3 Å². The molecular weight excluding hydrogens is 374 g/mol. The fraction of sp³-hybridized carbons (Fsp3) is 0.391. The number of aryl methyl sites for hydroxylation is 1. The highest BCUT2D eigenvalue weighted by Gasteiger charge is 2.31. The molecule has 0 saturated carbocycles. The SMILES string of the molecule is Cc1c(C(C)(C)C)sc2c(OCc3ccccc3)cc3c(c12)[C@@H](CCl)CN3. The van der Waals surface area contributed by atoms with Crippen molar-refractivity contribution >= 4 is 38.7 Å². The van der Waals surface area contributed by atoms with Gasteiger partial charge in [0.1, 0.15) is 12.4 Å². The summed E-state index contributed by atoms with van der Waals surface area (Å²) >= 11 is 8.17. The molecule has 1 aliphatic heterocycles. The summed E-state index contributed by atoms with van der Waals surface area (Å²) in [6.45, 7) is 10.6. The van der Waals surface area contributed by atoms with Crippen LogP contribution in [0.3, 0.4) is 0 Å². The van der Waals surface area contributed by atoms with Gasteiger partial charge in [0.25, 0.3) is 0 Å². The second-order valence-corrected chi connectivity index (χ2v) is 9.68. The van der Waals surface area contributed by atoms with Gasteiger partial charge in [0.15, 0.2) is 0 Å². The number of alkyl halides is 1. The molecule has 1 N–H and O–H groups in total. The average Bonchev–Trinajstić information content (AvgIpc) is 3.21. The summed E-state index contributed by atoms with van der Waals surface area (Å²) in [5, 5.41) is 4.90. The Morgan fingerprint density at radius 3 is 2.63 bits per heavy atom. The fourth-order valence-electron chi connectivity index (χ4n) is 4.02. The topological polar surface area (TPSA) is 21.3 Å². The molecule has 1 atom stereocenters. The minimum atomic E-state index is 0.111. The van der Waals surface area contributed by atoms with E-state index < -0.39 is 0 Å². The predicted octanol–water partition coefficient (Wildman–Crippen LogP) is 6.83. The van der Waals surface area contributed by atoms with E-state index in [0.717, 1.165) is 12.3 Å². The molecule has 2 heterocycles. The van der Waals surface area contributed by atoms with Crippen molar-refractivity contribution in [3.8, 4) is 5.75 Å². The van der Waals surface area contributed by atoms with E-state index in [9.17, 15) is 0 Å². The Balaban J connectivity index is 1.86. The van der Waals surface area contributed by atoms with Crippen molar-refractivity contribution in [2.45, 2.75) is 45.6 Å². The van der Waals surface area contributed by atoms with Crippen LogP contribution in [0.5, 0.6) is 5.75 Å². The first-order chi connectivity index (χ1) is 12.9. The van der Waals surface area contributed by atoms with Gasteiger partial charge in [-0.1, -0.05) is 51.1 Å². The zero-order valence-electron chi connectivity index (χ0n) is 16.4. The molecule has 0 fully saturated rings. The van der Waals surface area contributed by atoms with Crippen molar-refractivity contribution in [2.75, 3.05) is 17.7 Å². The summed E-state index contributed by atoms with van der Waals surface area (Å²) in [5.74, 6) is 1.96. The first kappa shape index (κ1) is 18.6. The van der Waals surface area contributed by atoms with Gasteiger partial charge in [0.05, 0.1) is 4.70 Å². The number of anilines is 1. The summed E-state index contributed by atoms with van der Waals surface area (Å²) < 4.78 is 7.57. The Bertz CT molecular complexity index is 972. The molecule has 1 aliphatic rings. The number of hydrogen-bond acceptors (Lipinski definition) is 3. The molecule has 0 bridgehead atoms. The summed E-state index contributed by atoms with van der Waals surface area (Å²) in [6.07, 6.45) is 0. The molecule has 142 valence electrons. The maximum absolute atomic E-state index is 6.32. The Hall–Kier alpha value is -1.71. The van der Waals surface area contributed by atoms with Crippen molar-refractivity contribution in [1.29, 1.82) is 0 Å². The number of halogens is 1. The number of benzene rings is 2. The molecule has 3 aromatic rings. The van der Waals surface area contributed by atoms with Crippen LogP contribution in [0.15, 0.2) is 36.4 Å². The highest BCUT2D eigenvalue weighted by molar-refractivity contribution is 7.19. The zero-order chi connectivity index (χ0) is 19.2. The summed E-state index contributed by atoms with van der Waals surface area (Å²) in [7, 11) is 0. The van der Waals surface area contributed by atoms with Gasteiger partial charge in [-0.15, -0.1) is 22.9 Å². The van der Waals surface area contributed by atoms with Crippen molar-refractivity contribution < 1.29 is 4.74 Å². The molecule has 1 aromatic heterocycles. The van der Waals surface area contributed by atoms with Crippen LogP contribution in [0.2, 0.25) is 0 Å². The molecule has 0 unspecified atom stereocenters. The van der Waals surface area contributed by atoms with Crippen molar-refractivity contribution in [2.24, 2.45) is 0 Å². The largest absolute Gasteiger partial charge is 0.487 e. The van der Waals surface area contributed by atoms with Crippen LogP contribution in [-0.2, 0) is 12.0 Å². The number of nitrogens with one attached hydrogen (secondary N) is 1. The van der Waals surface area contributed by atoms with Gasteiger partial charge < -0.3 is 10.1 Å². The van der Waals surface area contributed by atoms with E-state index in [1.807, 2.05) is 17.4 Å². The van der Waals surface area contributed by atoms with Gasteiger partial charge in [-0.05, 0) is 29.0 Å². The van der Waals surface area contributed by atoms with Crippen LogP contribution in [0.25, 0.3) is 10.1 Å². The van der Waals surface area contributed by atoms with Crippen LogP contribution in [-0.4, -0.2) is 12.4 Å². The third-order valence-electron chi connectivity index (χ3n) is 5.26. The first-order valence-electron chi connectivity index (χ1n) is 9.47. The van der Waals surface area contributed by atoms with Crippen LogP contribution in [0.4, 0.5) is 5.69 Å². The maximum atomic E-state index is 6.32. The monoisotopic (exact) mass is 399 g/mol. The molecule has 4 rings (SSSR count). The molecular formula is C23H26ClNOS. The predicted molar refractivity (Wildman–Crippen MR) is 118 cm³/mol. The van der Waals surface area contributed by atoms with Crippen LogP contribution in [0, 0.1) is 6.92 Å². The number of hydrogen-bond donors (Lipinski definition) is 1. The van der Waals surface area contributed by atoms with Gasteiger partial charge in [-0.3, -0.25) is 0 Å². The molecule has 4 heteroatoms. The van der Waals surface area contributed by atoms with E-state index in [1.165, 1.54) is 37.3 Å². The van der Waals surface area contributed by atoms with Gasteiger partial charge in [-0.25, -0.2) is 0 Å². The molecule has 2 nitrogen and oxygen atoms in total. The van der Waals surface area contributed by atoms with Gasteiger partial charge in [0, 0.05) is 40.4 Å². The lowest BCUT2D eigenvalue weighted by molar-refractivity contribution is 0.310. The highest BCUT2D eigenvalue weighted by Crippen LogP contribution is 2.50. The minimum absolute atomic E-state index is 0.111. The van der Waals surface area contributed by atoms with E-state index in [1.54, 1.807) is 0 Å². The van der Waals surface area contributed by atoms with Gasteiger partial charge in [0.2, 0.25) is 0 Å². The molecule has 0 saturated heterocycles. The molecule has 0 radical (unpaired) electrons. The van der Waals surface area contributed by atoms with Crippen LogP contribution >= 0.6 is 22.9 Å². The molecule has 0 aliphatic carbocycles. The third-order valence-corrected chi connectivity index (χ3v) is 7.36. The molecule has 0 spiro atoms. The fourth-order valence-corrected chi connectivity index (χ4v) is 5.63. The lowest BCUT2D eigenvalue weighted by atomic mass is 9.89. The Kier molecular flexibility index (Phi) is 4.85. The number of thiophene rings is 1. The second-order valence-electron chi connectivity index (χ2n) is 8.35. The van der Waals surface area contributed by atoms with E-state index in [4.69, 9.17) is 16.3 Å². The highest BCUT2D eigenvalue weighted by atomic mass is 35.5. The smallest absolute Gasteiger partial charge is 0.139 e. The van der Waals surface area contributed by atoms with Crippen molar-refractivity contribution in [1.82, 2.24) is 0 Å². The number of fused-ring (bicyclic) bond motifs is 3. The molecule has 0 amide bonds. The summed E-state index contributed by atoms with van der Waals surface area (Å²) in [5.41, 5.74) is 5.22. The van der Waals surface area contributed by atoms with E-state index in [0.29, 0.717) is 18.4 Å². The van der Waals surface area contributed by atoms with Gasteiger partial charge >= 0.3 is 0 Å². The number of rotatable bonds is 4. The second kappa shape index (κ2) is 7.03. The normalized spacial score (nSPS) is 16.4. The Morgan fingerprint density at radius 1 is 1.22 bits per heavy atom. The van der Waals surface area contributed by atoms with Gasteiger partial charge in [-0.2, -0.15) is 0 Å². The van der Waals surface area contributed by atoms with E-state index >= 15 is 0 Å². The van der Waals surface area contributed by atoms with E-state index in [-0.39, 0.29) is 5.41 Å². The minimum Gasteiger partial charge on any atom is -0.487 e. The van der Waals surface area contributed by atoms with Crippen LogP contribution in [0.1, 0.15) is 48.3 Å². The Labute approximate surface area is 170 Å². The van der Waals surface area contributed by atoms with Crippen LogP contribution < -0.4 is 10.1 Å². The maximum Gasteiger partial charge on any atom is 0.139 e. The zero-order valence-corrected chi connectivity index (χ0v) is 17.9. The average molecular weight is 400 g/mol. The number of ether oxygens (including phenoxy) is 1. The Morgan fingerprint density at radius 2 is 1.96 bits per heavy atom. The first-order valence-corrected chi connectivity index (χ1v) is 10.8. The van der Waals surface area contributed by atoms with Crippen molar-refractivity contribution in [3.05, 3.63) is 58.0 Å². The third kappa shape index (κ3) is 3.32. The molecule has 2 aromatic carbocycles. The quantitative estimate of drug-likeness (QED) is 0.485. The standard InChI is InChI=1S/C23H26ClNOS/c1-14-19-20-16(11-24)12-25-17(20)10-18(21(19)27-22(14)23(2,3)4)26-13-15-8-6-5-7-9-15/h5-10,16,25H,11-13H2,1-4H3/t16-/m0/s1.